The van der Waals surface area contributed by atoms with Gasteiger partial charge in [0.1, 0.15) is 5.60 Å². The first kappa shape index (κ1) is 21.1. The van der Waals surface area contributed by atoms with Gasteiger partial charge < -0.3 is 14.8 Å². The van der Waals surface area contributed by atoms with Crippen LogP contribution in [0.15, 0.2) is 54.6 Å². The summed E-state index contributed by atoms with van der Waals surface area (Å²) in [6.07, 6.45) is 4.25. The van der Waals surface area contributed by atoms with Gasteiger partial charge in [0.25, 0.3) is 0 Å². The normalized spacial score (nSPS) is 15.5. The highest BCUT2D eigenvalue weighted by Gasteiger charge is 2.38. The van der Waals surface area contributed by atoms with Crippen molar-refractivity contribution in [2.45, 2.75) is 44.6 Å². The maximum Gasteiger partial charge on any atom is 0.339 e. The molecule has 0 unspecified atom stereocenters. The molecule has 1 heterocycles. The van der Waals surface area contributed by atoms with E-state index in [0.717, 1.165) is 37.9 Å². The Kier molecular flexibility index (Phi) is 7.42. The quantitative estimate of drug-likeness (QED) is 0.528. The van der Waals surface area contributed by atoms with Gasteiger partial charge in [0.05, 0.1) is 17.7 Å². The molecule has 1 saturated heterocycles. The number of ether oxygens (including phenoxy) is 2. The van der Waals surface area contributed by atoms with Crippen LogP contribution in [0, 0.1) is 0 Å². The van der Waals surface area contributed by atoms with Crippen LogP contribution in [0.4, 0.5) is 0 Å². The highest BCUT2D eigenvalue weighted by Crippen LogP contribution is 2.36. The van der Waals surface area contributed by atoms with Crippen molar-refractivity contribution in [3.8, 4) is 0 Å². The Morgan fingerprint density at radius 1 is 0.897 bits per heavy atom. The zero-order valence-electron chi connectivity index (χ0n) is 17.0. The van der Waals surface area contributed by atoms with Crippen LogP contribution in [0.3, 0.4) is 0 Å². The maximum absolute atomic E-state index is 13.1. The molecule has 2 aromatic carbocycles. The lowest BCUT2D eigenvalue weighted by Crippen LogP contribution is -2.43. The predicted octanol–water partition coefficient (Wildman–Crippen LogP) is 4.47. The van der Waals surface area contributed by atoms with E-state index in [-0.39, 0.29) is 11.1 Å². The number of hydrogen-bond acceptors (Lipinski definition) is 5. The van der Waals surface area contributed by atoms with Crippen LogP contribution in [-0.2, 0) is 15.1 Å². The number of rotatable bonds is 8. The molecule has 2 aromatic rings. The summed E-state index contributed by atoms with van der Waals surface area (Å²) >= 11 is 0. The zero-order valence-corrected chi connectivity index (χ0v) is 17.0. The molecule has 1 aliphatic heterocycles. The lowest BCUT2D eigenvalue weighted by atomic mass is 9.84. The summed E-state index contributed by atoms with van der Waals surface area (Å²) in [6, 6.07) is 16.6. The minimum absolute atomic E-state index is 0.252. The third-order valence-corrected chi connectivity index (χ3v) is 5.35. The summed E-state index contributed by atoms with van der Waals surface area (Å²) < 4.78 is 11.5. The molecule has 1 N–H and O–H groups in total. The van der Waals surface area contributed by atoms with Crippen LogP contribution in [0.1, 0.15) is 65.3 Å². The van der Waals surface area contributed by atoms with Crippen molar-refractivity contribution >= 4 is 11.9 Å². The maximum atomic E-state index is 13.1. The topological polar surface area (TPSA) is 64.6 Å². The van der Waals surface area contributed by atoms with Gasteiger partial charge in [0, 0.05) is 12.8 Å². The van der Waals surface area contributed by atoms with Crippen molar-refractivity contribution in [1.82, 2.24) is 5.32 Å². The summed E-state index contributed by atoms with van der Waals surface area (Å²) in [5.74, 6) is -0.968. The zero-order chi connectivity index (χ0) is 20.5. The molecule has 5 nitrogen and oxygen atoms in total. The number of nitrogens with one attached hydrogen (secondary N) is 1. The van der Waals surface area contributed by atoms with E-state index in [1.807, 2.05) is 30.3 Å². The Balaban J connectivity index is 1.80. The molecule has 29 heavy (non-hydrogen) atoms. The van der Waals surface area contributed by atoms with Gasteiger partial charge in [-0.25, -0.2) is 9.59 Å². The molecular weight excluding hydrogens is 366 g/mol. The number of piperidine rings is 1. The van der Waals surface area contributed by atoms with Crippen LogP contribution in [0.5, 0.6) is 0 Å². The average Bonchev–Trinajstić information content (AvgIpc) is 2.78. The van der Waals surface area contributed by atoms with E-state index in [9.17, 15) is 9.59 Å². The SMILES string of the molecule is CCCCCOC(=O)c1ccccc1C(=O)OC1(c2ccccc2)CCNCC1. The number of hydrogen-bond donors (Lipinski definition) is 1. The highest BCUT2D eigenvalue weighted by atomic mass is 16.6. The molecule has 1 aliphatic rings. The highest BCUT2D eigenvalue weighted by molar-refractivity contribution is 6.03. The second-order valence-corrected chi connectivity index (χ2v) is 7.39. The van der Waals surface area contributed by atoms with Gasteiger partial charge in [-0.2, -0.15) is 0 Å². The third-order valence-electron chi connectivity index (χ3n) is 5.35. The second kappa shape index (κ2) is 10.2. The lowest BCUT2D eigenvalue weighted by molar-refractivity contribution is -0.0380. The fourth-order valence-electron chi connectivity index (χ4n) is 3.69. The lowest BCUT2D eigenvalue weighted by Gasteiger charge is -2.37. The van der Waals surface area contributed by atoms with Crippen molar-refractivity contribution in [3.05, 3.63) is 71.3 Å². The number of carbonyl (C=O) groups is 2. The van der Waals surface area contributed by atoms with Crippen molar-refractivity contribution in [2.24, 2.45) is 0 Å². The van der Waals surface area contributed by atoms with E-state index in [4.69, 9.17) is 9.47 Å². The Bertz CT molecular complexity index is 813. The van der Waals surface area contributed by atoms with Crippen LogP contribution >= 0.6 is 0 Å². The first-order chi connectivity index (χ1) is 14.2. The van der Waals surface area contributed by atoms with E-state index >= 15 is 0 Å². The Morgan fingerprint density at radius 3 is 2.17 bits per heavy atom. The third kappa shape index (κ3) is 5.24. The van der Waals surface area contributed by atoms with Gasteiger partial charge in [-0.3, -0.25) is 0 Å². The first-order valence-corrected chi connectivity index (χ1v) is 10.4. The van der Waals surface area contributed by atoms with E-state index in [2.05, 4.69) is 12.2 Å². The van der Waals surface area contributed by atoms with Crippen LogP contribution < -0.4 is 5.32 Å². The van der Waals surface area contributed by atoms with Gasteiger partial charge in [-0.15, -0.1) is 0 Å². The molecule has 5 heteroatoms. The first-order valence-electron chi connectivity index (χ1n) is 10.4. The van der Waals surface area contributed by atoms with E-state index < -0.39 is 17.5 Å². The van der Waals surface area contributed by atoms with Gasteiger partial charge in [-0.1, -0.05) is 62.2 Å². The minimum atomic E-state index is -0.693. The standard InChI is InChI=1S/C24H29NO4/c1-2-3-9-18-28-22(26)20-12-7-8-13-21(20)23(27)29-24(14-16-25-17-15-24)19-10-5-4-6-11-19/h4-8,10-13,25H,2-3,9,14-18H2,1H3. The predicted molar refractivity (Wildman–Crippen MR) is 112 cm³/mol. The molecular formula is C24H29NO4. The molecule has 0 aliphatic carbocycles. The smallest absolute Gasteiger partial charge is 0.339 e. The Hall–Kier alpha value is -2.66. The fraction of sp³-hybridized carbons (Fsp3) is 0.417. The van der Waals surface area contributed by atoms with Crippen molar-refractivity contribution in [1.29, 1.82) is 0 Å². The minimum Gasteiger partial charge on any atom is -0.462 e. The summed E-state index contributed by atoms with van der Waals surface area (Å²) in [5, 5.41) is 3.32. The van der Waals surface area contributed by atoms with Gasteiger partial charge >= 0.3 is 11.9 Å². The molecule has 0 spiro atoms. The molecule has 1 fully saturated rings. The number of esters is 2. The average molecular weight is 395 g/mol. The van der Waals surface area contributed by atoms with Crippen molar-refractivity contribution in [2.75, 3.05) is 19.7 Å². The largest absolute Gasteiger partial charge is 0.462 e. The molecule has 3 rings (SSSR count). The molecule has 0 saturated carbocycles. The fourth-order valence-corrected chi connectivity index (χ4v) is 3.69. The summed E-state index contributed by atoms with van der Waals surface area (Å²) in [4.78, 5) is 25.7. The van der Waals surface area contributed by atoms with Crippen molar-refractivity contribution in [3.63, 3.8) is 0 Å². The summed E-state index contributed by atoms with van der Waals surface area (Å²) in [7, 11) is 0. The van der Waals surface area contributed by atoms with Crippen LogP contribution in [0.2, 0.25) is 0 Å². The van der Waals surface area contributed by atoms with Crippen molar-refractivity contribution < 1.29 is 19.1 Å². The molecule has 0 amide bonds. The van der Waals surface area contributed by atoms with Gasteiger partial charge in [0.15, 0.2) is 0 Å². The molecule has 0 radical (unpaired) electrons. The molecule has 0 bridgehead atoms. The van der Waals surface area contributed by atoms with Crippen LogP contribution in [0.25, 0.3) is 0 Å². The summed E-state index contributed by atoms with van der Waals surface area (Å²) in [5.41, 5.74) is 0.796. The number of carbonyl (C=O) groups excluding carboxylic acids is 2. The van der Waals surface area contributed by atoms with E-state index in [1.165, 1.54) is 0 Å². The number of unbranched alkanes of at least 4 members (excludes halogenated alkanes) is 2. The van der Waals surface area contributed by atoms with Gasteiger partial charge in [0.2, 0.25) is 0 Å². The van der Waals surface area contributed by atoms with E-state index in [1.54, 1.807) is 24.3 Å². The Morgan fingerprint density at radius 2 is 1.52 bits per heavy atom. The molecule has 154 valence electrons. The molecule has 0 atom stereocenters. The van der Waals surface area contributed by atoms with Gasteiger partial charge in [-0.05, 0) is 37.2 Å². The number of benzene rings is 2. The van der Waals surface area contributed by atoms with Crippen LogP contribution in [-0.4, -0.2) is 31.6 Å². The summed E-state index contributed by atoms with van der Waals surface area (Å²) in [6.45, 7) is 3.98. The Labute approximate surface area is 172 Å². The second-order valence-electron chi connectivity index (χ2n) is 7.39. The molecule has 0 aromatic heterocycles. The van der Waals surface area contributed by atoms with E-state index in [0.29, 0.717) is 19.4 Å². The monoisotopic (exact) mass is 395 g/mol.